The molecule has 3 heteroatoms. The highest BCUT2D eigenvalue weighted by molar-refractivity contribution is 5.80. The van der Waals surface area contributed by atoms with Gasteiger partial charge in [-0.1, -0.05) is 60.7 Å². The summed E-state index contributed by atoms with van der Waals surface area (Å²) in [5, 5.41) is 3.09. The van der Waals surface area contributed by atoms with Crippen LogP contribution in [0.4, 0.5) is 5.82 Å². The third kappa shape index (κ3) is 2.18. The van der Waals surface area contributed by atoms with Crippen LogP contribution in [-0.4, -0.2) is 4.98 Å². The number of aromatic amines is 1. The van der Waals surface area contributed by atoms with Crippen molar-refractivity contribution in [1.29, 1.82) is 0 Å². The van der Waals surface area contributed by atoms with Crippen molar-refractivity contribution in [3.8, 4) is 22.4 Å². The minimum Gasteiger partial charge on any atom is -0.336 e. The molecule has 0 aliphatic rings. The van der Waals surface area contributed by atoms with E-state index in [9.17, 15) is 4.91 Å². The molecule has 0 amide bonds. The van der Waals surface area contributed by atoms with Crippen molar-refractivity contribution in [3.05, 3.63) is 71.6 Å². The van der Waals surface area contributed by atoms with E-state index >= 15 is 0 Å². The van der Waals surface area contributed by atoms with E-state index in [2.05, 4.69) is 10.2 Å². The molecule has 0 fully saturated rings. The van der Waals surface area contributed by atoms with Gasteiger partial charge in [0, 0.05) is 11.3 Å². The zero-order chi connectivity index (χ0) is 13.1. The molecule has 0 spiro atoms. The molecular weight excluding hydrogens is 237 g/mol. The van der Waals surface area contributed by atoms with Gasteiger partial charge in [-0.3, -0.25) is 0 Å². The standard InChI is InChI=1S/C16H12N2O/c19-18-16-14(12-7-3-1-4-8-12)11-15(17-16)13-9-5-2-6-10-13/h1-11,17H/i17+1. The summed E-state index contributed by atoms with van der Waals surface area (Å²) < 4.78 is 0. The quantitative estimate of drug-likeness (QED) is 0.669. The van der Waals surface area contributed by atoms with Gasteiger partial charge in [0.05, 0.1) is 0 Å². The largest absolute Gasteiger partial charge is 0.336 e. The van der Waals surface area contributed by atoms with Crippen molar-refractivity contribution >= 4 is 5.82 Å². The average Bonchev–Trinajstić information content (AvgIpc) is 2.93. The lowest BCUT2D eigenvalue weighted by Gasteiger charge is -1.96. The van der Waals surface area contributed by atoms with Gasteiger partial charge in [-0.2, -0.15) is 0 Å². The van der Waals surface area contributed by atoms with Gasteiger partial charge in [0.15, 0.2) is 5.82 Å². The first-order valence-electron chi connectivity index (χ1n) is 6.05. The van der Waals surface area contributed by atoms with E-state index in [4.69, 9.17) is 0 Å². The number of aromatic nitrogens is 1. The summed E-state index contributed by atoms with van der Waals surface area (Å²) in [4.78, 5) is 14.0. The smallest absolute Gasteiger partial charge is 0.183 e. The summed E-state index contributed by atoms with van der Waals surface area (Å²) in [7, 11) is 0. The van der Waals surface area contributed by atoms with Crippen LogP contribution in [0.25, 0.3) is 22.4 Å². The van der Waals surface area contributed by atoms with E-state index < -0.39 is 0 Å². The Morgan fingerprint density at radius 3 is 1.95 bits per heavy atom. The Kier molecular flexibility index (Phi) is 2.94. The molecule has 0 aliphatic heterocycles. The van der Waals surface area contributed by atoms with Gasteiger partial charge in [0.25, 0.3) is 0 Å². The maximum absolute atomic E-state index is 11.0. The van der Waals surface area contributed by atoms with Crippen LogP contribution >= 0.6 is 0 Å². The zero-order valence-corrected chi connectivity index (χ0v) is 10.2. The molecule has 1 N–H and O–H groups in total. The highest BCUT2D eigenvalue weighted by Gasteiger charge is 2.11. The maximum atomic E-state index is 11.0. The second-order valence-corrected chi connectivity index (χ2v) is 4.27. The van der Waals surface area contributed by atoms with Crippen molar-refractivity contribution < 1.29 is 0 Å². The number of hydrogen-bond acceptors (Lipinski definition) is 2. The lowest BCUT2D eigenvalue weighted by Crippen LogP contribution is -1.74. The summed E-state index contributed by atoms with van der Waals surface area (Å²) >= 11 is 0. The molecule has 0 aliphatic carbocycles. The van der Waals surface area contributed by atoms with Gasteiger partial charge >= 0.3 is 0 Å². The van der Waals surface area contributed by atoms with Gasteiger partial charge in [-0.05, 0) is 22.4 Å². The van der Waals surface area contributed by atoms with Crippen LogP contribution in [0.5, 0.6) is 0 Å². The molecule has 0 saturated heterocycles. The predicted molar refractivity (Wildman–Crippen MR) is 77.1 cm³/mol. The molecule has 2 aromatic carbocycles. The molecule has 1 heterocycles. The molecule has 0 radical (unpaired) electrons. The summed E-state index contributed by atoms with van der Waals surface area (Å²) in [6.07, 6.45) is 0. The number of rotatable bonds is 3. The van der Waals surface area contributed by atoms with Gasteiger partial charge in [-0.15, -0.1) is 4.91 Å². The fourth-order valence-corrected chi connectivity index (χ4v) is 2.13. The number of nitrogens with one attached hydrogen (secondary N) is 1. The Labute approximate surface area is 110 Å². The van der Waals surface area contributed by atoms with Crippen LogP contribution in [0.1, 0.15) is 0 Å². The van der Waals surface area contributed by atoms with E-state index in [1.807, 2.05) is 66.7 Å². The number of H-pyrrole nitrogens is 1. The molecular formula is C16H12N2O. The van der Waals surface area contributed by atoms with Crippen LogP contribution in [-0.2, 0) is 0 Å². The Morgan fingerprint density at radius 1 is 0.789 bits per heavy atom. The Bertz CT molecular complexity index is 687. The normalized spacial score (nSPS) is 10.3. The molecule has 0 saturated carbocycles. The molecule has 92 valence electrons. The van der Waals surface area contributed by atoms with E-state index in [-0.39, 0.29) is 0 Å². The fraction of sp³-hybridized carbons (Fsp3) is 0. The monoisotopic (exact) mass is 249 g/mol. The molecule has 3 nitrogen and oxygen atoms in total. The molecule has 3 aromatic rings. The summed E-state index contributed by atoms with van der Waals surface area (Å²) in [5.41, 5.74) is 3.74. The number of nitrogens with zero attached hydrogens (tertiary/aromatic N) is 1. The first kappa shape index (κ1) is 11.4. The molecule has 19 heavy (non-hydrogen) atoms. The number of hydrogen-bond donors (Lipinski definition) is 1. The fourth-order valence-electron chi connectivity index (χ4n) is 2.13. The SMILES string of the molecule is O=Nc1[15nH]c(-c2ccccc2)cc1-c1ccccc1. The average molecular weight is 249 g/mol. The highest BCUT2D eigenvalue weighted by atomic mass is 16.3. The van der Waals surface area contributed by atoms with Gasteiger partial charge < -0.3 is 4.98 Å². The molecule has 0 bridgehead atoms. The van der Waals surface area contributed by atoms with E-state index in [0.29, 0.717) is 5.82 Å². The van der Waals surface area contributed by atoms with Crippen molar-refractivity contribution in [2.45, 2.75) is 0 Å². The Hall–Kier alpha value is -2.68. The van der Waals surface area contributed by atoms with E-state index in [0.717, 1.165) is 22.4 Å². The van der Waals surface area contributed by atoms with Crippen LogP contribution in [0.2, 0.25) is 0 Å². The van der Waals surface area contributed by atoms with Crippen LogP contribution in [0.15, 0.2) is 71.9 Å². The molecule has 3 rings (SSSR count). The van der Waals surface area contributed by atoms with Crippen molar-refractivity contribution in [2.24, 2.45) is 5.18 Å². The Morgan fingerprint density at radius 2 is 1.37 bits per heavy atom. The third-order valence-electron chi connectivity index (χ3n) is 3.06. The maximum Gasteiger partial charge on any atom is 0.183 e. The number of benzene rings is 2. The molecule has 0 atom stereocenters. The summed E-state index contributed by atoms with van der Waals surface area (Å²) in [5.74, 6) is 0.366. The lowest BCUT2D eigenvalue weighted by molar-refractivity contribution is 1.32. The first-order chi connectivity index (χ1) is 9.38. The third-order valence-corrected chi connectivity index (χ3v) is 3.06. The lowest BCUT2D eigenvalue weighted by atomic mass is 10.1. The van der Waals surface area contributed by atoms with Crippen LogP contribution in [0, 0.1) is 4.91 Å². The van der Waals surface area contributed by atoms with Crippen molar-refractivity contribution in [3.63, 3.8) is 0 Å². The Balaban J connectivity index is 2.12. The van der Waals surface area contributed by atoms with Crippen molar-refractivity contribution in [2.75, 3.05) is 0 Å². The van der Waals surface area contributed by atoms with E-state index in [1.54, 1.807) is 0 Å². The van der Waals surface area contributed by atoms with Gasteiger partial charge in [-0.25, -0.2) is 0 Å². The minimum atomic E-state index is 0.366. The van der Waals surface area contributed by atoms with Crippen molar-refractivity contribution in [1.82, 2.24) is 4.98 Å². The molecule has 1 aromatic heterocycles. The van der Waals surface area contributed by atoms with Gasteiger partial charge in [0.1, 0.15) is 0 Å². The summed E-state index contributed by atoms with van der Waals surface area (Å²) in [6.45, 7) is 0. The summed E-state index contributed by atoms with van der Waals surface area (Å²) in [6, 6.07) is 21.6. The minimum absolute atomic E-state index is 0.366. The topological polar surface area (TPSA) is 45.2 Å². The second kappa shape index (κ2) is 4.90. The zero-order valence-electron chi connectivity index (χ0n) is 10.2. The second-order valence-electron chi connectivity index (χ2n) is 4.27. The van der Waals surface area contributed by atoms with E-state index in [1.165, 1.54) is 0 Å². The molecule has 0 unspecified atom stereocenters. The van der Waals surface area contributed by atoms with Gasteiger partial charge in [0.2, 0.25) is 0 Å². The highest BCUT2D eigenvalue weighted by Crippen LogP contribution is 2.34. The predicted octanol–water partition coefficient (Wildman–Crippen LogP) is 4.75. The number of nitroso groups, excluding NO2 is 1. The van der Waals surface area contributed by atoms with Crippen LogP contribution in [0.3, 0.4) is 0 Å². The first-order valence-corrected chi connectivity index (χ1v) is 6.05. The van der Waals surface area contributed by atoms with Crippen LogP contribution < -0.4 is 0 Å².